The van der Waals surface area contributed by atoms with Crippen molar-refractivity contribution in [1.82, 2.24) is 35.5 Å². The Morgan fingerprint density at radius 2 is 1.70 bits per heavy atom. The highest BCUT2D eigenvalue weighted by molar-refractivity contribution is 7.89. The van der Waals surface area contributed by atoms with Gasteiger partial charge in [0, 0.05) is 37.8 Å². The number of nitrogens with zero attached hydrogens (tertiary/aromatic N) is 3. The second-order valence-corrected chi connectivity index (χ2v) is 21.1. The van der Waals surface area contributed by atoms with Gasteiger partial charge in [-0.05, 0) is 71.8 Å². The summed E-state index contributed by atoms with van der Waals surface area (Å²) in [4.78, 5) is 75.6. The molecule has 4 N–H and O–H groups in total. The molecule has 5 amide bonds. The lowest BCUT2D eigenvalue weighted by Gasteiger charge is -2.37. The third-order valence-electron chi connectivity index (χ3n) is 12.5. The highest BCUT2D eigenvalue weighted by atomic mass is 32.2. The number of amides is 5. The lowest BCUT2D eigenvalue weighted by atomic mass is 9.86. The zero-order chi connectivity index (χ0) is 40.7. The molecular formula is C40H57N7O7S2. The first-order valence-electron chi connectivity index (χ1n) is 19.7. The van der Waals surface area contributed by atoms with Gasteiger partial charge in [0.05, 0.1) is 18.3 Å². The Morgan fingerprint density at radius 1 is 1.04 bits per heavy atom. The van der Waals surface area contributed by atoms with E-state index < -0.39 is 63.2 Å². The molecule has 306 valence electrons. The molecule has 4 aliphatic rings. The summed E-state index contributed by atoms with van der Waals surface area (Å²) in [5.74, 6) is -2.67. The predicted molar refractivity (Wildman–Crippen MR) is 213 cm³/mol. The Balaban J connectivity index is 1.23. The number of fused-ring (bicyclic) bond motifs is 2. The van der Waals surface area contributed by atoms with Crippen molar-refractivity contribution in [3.05, 3.63) is 52.0 Å². The Kier molecular flexibility index (Phi) is 12.0. The smallest absolute Gasteiger partial charge is 0.315 e. The number of aromatic nitrogens is 1. The number of hydrogen-bond acceptors (Lipinski definition) is 9. The summed E-state index contributed by atoms with van der Waals surface area (Å²) in [6.45, 7) is 11.9. The number of carbonyl (C=O) groups excluding carboxylic acids is 5. The second-order valence-electron chi connectivity index (χ2n) is 17.7. The summed E-state index contributed by atoms with van der Waals surface area (Å²) in [5, 5.41) is 14.0. The molecule has 1 saturated heterocycles. The molecule has 2 heterocycles. The number of Topliss-reactive ketones (excluding diaryl/α,β-unsaturated/α-hetero) is 1. The first kappa shape index (κ1) is 41.7. The third kappa shape index (κ3) is 9.12. The number of ketones is 1. The molecule has 2 aromatic rings. The number of likely N-dealkylation sites (tertiary alicyclic amines) is 1. The van der Waals surface area contributed by atoms with Crippen LogP contribution in [0.5, 0.6) is 0 Å². The third-order valence-corrected chi connectivity index (χ3v) is 15.1. The zero-order valence-electron chi connectivity index (χ0n) is 33.5. The summed E-state index contributed by atoms with van der Waals surface area (Å²) >= 11 is 1.36. The van der Waals surface area contributed by atoms with E-state index in [0.29, 0.717) is 30.8 Å². The molecule has 1 aromatic carbocycles. The topological polar surface area (TPSA) is 187 Å². The van der Waals surface area contributed by atoms with Gasteiger partial charge >= 0.3 is 6.03 Å². The minimum Gasteiger partial charge on any atom is -0.344 e. The summed E-state index contributed by atoms with van der Waals surface area (Å²) < 4.78 is 26.5. The number of nitrogens with one attached hydrogen (secondary N) is 4. The number of benzene rings is 1. The largest absolute Gasteiger partial charge is 0.344 e. The van der Waals surface area contributed by atoms with Gasteiger partial charge in [0.15, 0.2) is 0 Å². The fraction of sp³-hybridized carbons (Fsp3) is 0.650. The zero-order valence-corrected chi connectivity index (χ0v) is 35.1. The van der Waals surface area contributed by atoms with Crippen molar-refractivity contribution in [3.8, 4) is 0 Å². The van der Waals surface area contributed by atoms with Crippen LogP contribution in [0.3, 0.4) is 0 Å². The summed E-state index contributed by atoms with van der Waals surface area (Å²) in [6.07, 6.45) is 4.86. The summed E-state index contributed by atoms with van der Waals surface area (Å²) in [5.41, 5.74) is 1.42. The van der Waals surface area contributed by atoms with Crippen LogP contribution in [0.15, 0.2) is 35.8 Å². The number of hydrogen-bond donors (Lipinski definition) is 4. The maximum atomic E-state index is 14.9. The number of rotatable bonds is 16. The Hall–Kier alpha value is -3.89. The van der Waals surface area contributed by atoms with E-state index in [-0.39, 0.29) is 53.8 Å². The molecule has 2 saturated carbocycles. The van der Waals surface area contributed by atoms with Crippen LogP contribution in [0, 0.1) is 34.5 Å². The lowest BCUT2D eigenvalue weighted by Crippen LogP contribution is -2.61. The van der Waals surface area contributed by atoms with Crippen LogP contribution in [0.2, 0.25) is 0 Å². The van der Waals surface area contributed by atoms with Gasteiger partial charge in [0.1, 0.15) is 17.1 Å². The Bertz CT molecular complexity index is 1900. The van der Waals surface area contributed by atoms with Gasteiger partial charge in [0.25, 0.3) is 5.91 Å². The van der Waals surface area contributed by atoms with E-state index in [2.05, 4.69) is 40.1 Å². The van der Waals surface area contributed by atoms with E-state index in [1.54, 1.807) is 23.4 Å². The van der Waals surface area contributed by atoms with E-state index in [1.807, 2.05) is 45.0 Å². The molecule has 14 nitrogen and oxygen atoms in total. The van der Waals surface area contributed by atoms with Crippen molar-refractivity contribution in [3.63, 3.8) is 0 Å². The van der Waals surface area contributed by atoms with Crippen LogP contribution in [-0.2, 0) is 48.6 Å². The van der Waals surface area contributed by atoms with E-state index in [9.17, 15) is 32.4 Å². The fourth-order valence-electron chi connectivity index (χ4n) is 8.59. The first-order chi connectivity index (χ1) is 26.3. The lowest BCUT2D eigenvalue weighted by molar-refractivity contribution is -0.144. The van der Waals surface area contributed by atoms with Crippen LogP contribution < -0.4 is 21.3 Å². The van der Waals surface area contributed by atoms with Crippen molar-refractivity contribution in [2.75, 3.05) is 25.9 Å². The first-order valence-corrected chi connectivity index (χ1v) is 22.2. The van der Waals surface area contributed by atoms with Crippen molar-refractivity contribution in [1.29, 1.82) is 0 Å². The molecule has 16 heteroatoms. The van der Waals surface area contributed by atoms with Gasteiger partial charge in [-0.25, -0.2) is 22.5 Å². The van der Waals surface area contributed by atoms with Crippen LogP contribution in [0.4, 0.5) is 4.79 Å². The van der Waals surface area contributed by atoms with Gasteiger partial charge in [0.2, 0.25) is 27.6 Å². The van der Waals surface area contributed by atoms with Gasteiger partial charge in [-0.1, -0.05) is 71.7 Å². The number of piperidine rings is 1. The molecule has 0 spiro atoms. The molecule has 1 aromatic heterocycles. The van der Waals surface area contributed by atoms with E-state index in [1.165, 1.54) is 22.7 Å². The molecule has 3 fully saturated rings. The highest BCUT2D eigenvalue weighted by Crippen LogP contribution is 2.65. The van der Waals surface area contributed by atoms with Crippen molar-refractivity contribution in [2.24, 2.45) is 34.5 Å². The molecule has 6 atom stereocenters. The monoisotopic (exact) mass is 811 g/mol. The number of likely N-dealkylation sites (N-methyl/N-ethyl adjacent to an activating group) is 1. The van der Waals surface area contributed by atoms with Crippen molar-refractivity contribution >= 4 is 50.9 Å². The molecule has 0 bridgehead atoms. The van der Waals surface area contributed by atoms with E-state index >= 15 is 0 Å². The van der Waals surface area contributed by atoms with Crippen molar-refractivity contribution in [2.45, 2.75) is 104 Å². The van der Waals surface area contributed by atoms with Crippen LogP contribution in [-0.4, -0.2) is 102 Å². The van der Waals surface area contributed by atoms with Crippen LogP contribution in [0.25, 0.3) is 0 Å². The standard InChI is InChI=1S/C40H57N7O7S2/c1-8-56(53,54)46(7)22-29(39(2,3)4)44-38(52)45-32(26-18-24-11-9-10-12-25(24)19-26)37(51)47-21-27-31(40(27,5)6)33(47)35(49)43-28(17-23-13-14-23)34(48)36(50)42-20-30-41-15-16-55-30/h9-12,15-16,23,26-29,31-33H,8,13-14,17-22H2,1-7H3,(H,42,50)(H,43,49)(H2,44,45,52)/t27-,28?,29+,31-,32-,33-/m0/s1. The fourth-order valence-corrected chi connectivity index (χ4v) is 9.96. The predicted octanol–water partition coefficient (Wildman–Crippen LogP) is 2.88. The number of sulfonamides is 1. The van der Waals surface area contributed by atoms with Crippen LogP contribution >= 0.6 is 11.3 Å². The van der Waals surface area contributed by atoms with Crippen molar-refractivity contribution < 1.29 is 32.4 Å². The SMILES string of the molecule is CCS(=O)(=O)N(C)C[C@@H](NC(=O)N[C@H](C(=O)N1C[C@H]2[C@@H]([C@H]1C(=O)NC(CC1CC1)C(=O)C(=O)NCc1nccs1)C2(C)C)C1Cc2ccccc2C1)C(C)(C)C. The maximum absolute atomic E-state index is 14.9. The average Bonchev–Trinajstić information content (AvgIpc) is 3.72. The van der Waals surface area contributed by atoms with Gasteiger partial charge in [-0.2, -0.15) is 0 Å². The maximum Gasteiger partial charge on any atom is 0.315 e. The van der Waals surface area contributed by atoms with Crippen LogP contribution in [0.1, 0.15) is 76.9 Å². The minimum atomic E-state index is -3.52. The minimum absolute atomic E-state index is 0.0388. The number of urea groups is 1. The van der Waals surface area contributed by atoms with Gasteiger partial charge < -0.3 is 26.2 Å². The van der Waals surface area contributed by atoms with E-state index in [0.717, 1.165) is 24.0 Å². The normalized spacial score (nSPS) is 23.1. The summed E-state index contributed by atoms with van der Waals surface area (Å²) in [6, 6.07) is 3.78. The number of carbonyl (C=O) groups is 5. The molecular weight excluding hydrogens is 755 g/mol. The quantitative estimate of drug-likeness (QED) is 0.187. The molecule has 6 rings (SSSR count). The Labute approximate surface area is 334 Å². The molecule has 56 heavy (non-hydrogen) atoms. The molecule has 1 unspecified atom stereocenters. The number of thiazole rings is 1. The summed E-state index contributed by atoms with van der Waals surface area (Å²) in [7, 11) is -2.03. The van der Waals surface area contributed by atoms with Gasteiger partial charge in [-0.15, -0.1) is 11.3 Å². The molecule has 0 radical (unpaired) electrons. The Morgan fingerprint density at radius 3 is 2.27 bits per heavy atom. The van der Waals surface area contributed by atoms with Gasteiger partial charge in [-0.3, -0.25) is 19.2 Å². The molecule has 3 aliphatic carbocycles. The highest BCUT2D eigenvalue weighted by Gasteiger charge is 2.70. The van der Waals surface area contributed by atoms with E-state index in [4.69, 9.17) is 0 Å². The second kappa shape index (κ2) is 16.2. The average molecular weight is 812 g/mol. The molecule has 1 aliphatic heterocycles.